The van der Waals surface area contributed by atoms with Gasteiger partial charge in [-0.15, -0.1) is 11.3 Å². The minimum Gasteiger partial charge on any atom is -0.397 e. The van der Waals surface area contributed by atoms with Gasteiger partial charge in [-0.25, -0.2) is 8.42 Å². The summed E-state index contributed by atoms with van der Waals surface area (Å²) < 4.78 is 28.8. The molecule has 1 heterocycles. The molecule has 0 saturated heterocycles. The van der Waals surface area contributed by atoms with Gasteiger partial charge in [-0.1, -0.05) is 15.9 Å². The number of nitrogens with two attached hydrogens (primary N) is 1. The molecule has 2 rings (SSSR count). The lowest BCUT2D eigenvalue weighted by molar-refractivity contribution is 0.603. The average molecular weight is 426 g/mol. The molecule has 8 heteroatoms. The van der Waals surface area contributed by atoms with Crippen LogP contribution in [-0.4, -0.2) is 8.42 Å². The van der Waals surface area contributed by atoms with Gasteiger partial charge in [0.25, 0.3) is 10.0 Å². The number of benzene rings is 1. The van der Waals surface area contributed by atoms with Crippen molar-refractivity contribution >= 4 is 64.6 Å². The molecule has 0 bridgehead atoms. The number of thiophene rings is 1. The number of halogens is 2. The second-order valence-electron chi connectivity index (χ2n) is 3.85. The summed E-state index contributed by atoms with van der Waals surface area (Å²) in [5.74, 6) is 0. The molecule has 0 amide bonds. The smallest absolute Gasteiger partial charge is 0.271 e. The van der Waals surface area contributed by atoms with E-state index in [9.17, 15) is 8.42 Å². The maximum Gasteiger partial charge on any atom is 0.271 e. The number of hydrogen-bond acceptors (Lipinski definition) is 4. The molecule has 0 aliphatic heterocycles. The molecule has 102 valence electrons. The maximum atomic E-state index is 12.2. The van der Waals surface area contributed by atoms with Gasteiger partial charge in [0.15, 0.2) is 0 Å². The third-order valence-electron chi connectivity index (χ3n) is 2.38. The summed E-state index contributed by atoms with van der Waals surface area (Å²) in [5.41, 5.74) is 7.40. The van der Waals surface area contributed by atoms with Crippen molar-refractivity contribution in [3.05, 3.63) is 38.1 Å². The van der Waals surface area contributed by atoms with Gasteiger partial charge >= 0.3 is 0 Å². The Hall–Kier alpha value is -0.570. The van der Waals surface area contributed by atoms with Crippen molar-refractivity contribution < 1.29 is 8.42 Å². The molecule has 2 aromatic rings. The zero-order valence-corrected chi connectivity index (χ0v) is 14.6. The Kier molecular flexibility index (Phi) is 4.24. The van der Waals surface area contributed by atoms with E-state index in [2.05, 4.69) is 36.6 Å². The highest BCUT2D eigenvalue weighted by molar-refractivity contribution is 9.11. The van der Waals surface area contributed by atoms with Crippen molar-refractivity contribution in [2.75, 3.05) is 10.5 Å². The van der Waals surface area contributed by atoms with Gasteiger partial charge in [-0.05, 0) is 52.7 Å². The molecule has 1 aromatic carbocycles. The van der Waals surface area contributed by atoms with E-state index >= 15 is 0 Å². The molecule has 0 spiro atoms. The van der Waals surface area contributed by atoms with E-state index in [0.29, 0.717) is 11.4 Å². The molecule has 0 aliphatic rings. The molecule has 0 aliphatic carbocycles. The molecule has 1 aromatic heterocycles. The Labute approximate surface area is 132 Å². The molecular formula is C11H10Br2N2O2S2. The molecule has 0 radical (unpaired) electrons. The van der Waals surface area contributed by atoms with Gasteiger partial charge in [-0.3, -0.25) is 4.72 Å². The predicted molar refractivity (Wildman–Crippen MR) is 86.1 cm³/mol. The molecule has 0 fully saturated rings. The summed E-state index contributed by atoms with van der Waals surface area (Å²) in [5, 5.41) is 0. The second kappa shape index (κ2) is 5.43. The quantitative estimate of drug-likeness (QED) is 0.730. The van der Waals surface area contributed by atoms with Crippen molar-refractivity contribution in [3.8, 4) is 0 Å². The summed E-state index contributed by atoms with van der Waals surface area (Å²) in [6.07, 6.45) is 0. The van der Waals surface area contributed by atoms with Crippen molar-refractivity contribution in [2.24, 2.45) is 0 Å². The van der Waals surface area contributed by atoms with Crippen molar-refractivity contribution in [1.82, 2.24) is 0 Å². The van der Waals surface area contributed by atoms with E-state index in [-0.39, 0.29) is 4.21 Å². The molecule has 19 heavy (non-hydrogen) atoms. The van der Waals surface area contributed by atoms with Crippen LogP contribution in [0.1, 0.15) is 5.56 Å². The Balaban J connectivity index is 2.41. The first-order valence-electron chi connectivity index (χ1n) is 5.13. The largest absolute Gasteiger partial charge is 0.397 e. The van der Waals surface area contributed by atoms with E-state index < -0.39 is 10.0 Å². The summed E-state index contributed by atoms with van der Waals surface area (Å²) in [7, 11) is -3.61. The number of rotatable bonds is 3. The van der Waals surface area contributed by atoms with Crippen molar-refractivity contribution in [2.45, 2.75) is 11.1 Å². The lowest BCUT2D eigenvalue weighted by Crippen LogP contribution is -2.13. The average Bonchev–Trinajstić information content (AvgIpc) is 2.71. The standard InChI is InChI=1S/C11H10Br2N2O2S2/c1-6-4-7(12)5-8(14)11(6)15-19(16,17)10-3-2-9(13)18-10/h2-5,15H,14H2,1H3. The van der Waals surface area contributed by atoms with Crippen LogP contribution in [0.4, 0.5) is 11.4 Å². The summed E-state index contributed by atoms with van der Waals surface area (Å²) in [6.45, 7) is 1.79. The highest BCUT2D eigenvalue weighted by atomic mass is 79.9. The first kappa shape index (κ1) is 14.8. The second-order valence-corrected chi connectivity index (χ2v) is 9.14. The Bertz CT molecular complexity index is 703. The third-order valence-corrected chi connectivity index (χ3v) is 6.30. The minimum atomic E-state index is -3.61. The van der Waals surface area contributed by atoms with E-state index in [1.807, 2.05) is 0 Å². The van der Waals surface area contributed by atoms with Crippen LogP contribution in [0.2, 0.25) is 0 Å². The topological polar surface area (TPSA) is 72.2 Å². The molecule has 3 N–H and O–H groups in total. The number of hydrogen-bond donors (Lipinski definition) is 2. The van der Waals surface area contributed by atoms with Crippen LogP contribution in [0.15, 0.2) is 36.7 Å². The van der Waals surface area contributed by atoms with Gasteiger partial charge in [-0.2, -0.15) is 0 Å². The van der Waals surface area contributed by atoms with Gasteiger partial charge in [0.1, 0.15) is 4.21 Å². The van der Waals surface area contributed by atoms with Crippen LogP contribution >= 0.6 is 43.2 Å². The number of anilines is 2. The van der Waals surface area contributed by atoms with E-state index in [1.54, 1.807) is 31.2 Å². The molecular weight excluding hydrogens is 416 g/mol. The molecule has 0 atom stereocenters. The monoisotopic (exact) mass is 424 g/mol. The Morgan fingerprint density at radius 3 is 2.47 bits per heavy atom. The minimum absolute atomic E-state index is 0.237. The van der Waals surface area contributed by atoms with Crippen LogP contribution in [0.5, 0.6) is 0 Å². The van der Waals surface area contributed by atoms with E-state index in [1.165, 1.54) is 0 Å². The fourth-order valence-corrected chi connectivity index (χ4v) is 5.29. The van der Waals surface area contributed by atoms with Crippen LogP contribution < -0.4 is 10.5 Å². The predicted octanol–water partition coefficient (Wildman–Crippen LogP) is 3.96. The maximum absolute atomic E-state index is 12.2. The summed E-state index contributed by atoms with van der Waals surface area (Å²) in [4.78, 5) is 0. The number of sulfonamides is 1. The normalized spacial score (nSPS) is 11.5. The lowest BCUT2D eigenvalue weighted by atomic mass is 10.2. The molecule has 4 nitrogen and oxygen atoms in total. The lowest BCUT2D eigenvalue weighted by Gasteiger charge is -2.12. The van der Waals surface area contributed by atoms with Gasteiger partial charge < -0.3 is 5.73 Å². The van der Waals surface area contributed by atoms with Crippen LogP contribution in [0, 0.1) is 6.92 Å². The van der Waals surface area contributed by atoms with Crippen molar-refractivity contribution in [1.29, 1.82) is 0 Å². The van der Waals surface area contributed by atoms with Crippen LogP contribution in [0.25, 0.3) is 0 Å². The molecule has 0 unspecified atom stereocenters. The SMILES string of the molecule is Cc1cc(Br)cc(N)c1NS(=O)(=O)c1ccc(Br)s1. The van der Waals surface area contributed by atoms with Gasteiger partial charge in [0, 0.05) is 4.47 Å². The summed E-state index contributed by atoms with van der Waals surface area (Å²) in [6, 6.07) is 6.70. The first-order chi connectivity index (χ1) is 8.79. The van der Waals surface area contributed by atoms with E-state index in [4.69, 9.17) is 5.73 Å². The Morgan fingerprint density at radius 2 is 1.95 bits per heavy atom. The number of aryl methyl sites for hydroxylation is 1. The Morgan fingerprint density at radius 1 is 1.26 bits per heavy atom. The fraction of sp³-hybridized carbons (Fsp3) is 0.0909. The fourth-order valence-electron chi connectivity index (χ4n) is 1.54. The van der Waals surface area contributed by atoms with Crippen molar-refractivity contribution in [3.63, 3.8) is 0 Å². The highest BCUT2D eigenvalue weighted by Crippen LogP contribution is 2.32. The first-order valence-corrected chi connectivity index (χ1v) is 9.02. The van der Waals surface area contributed by atoms with Crippen LogP contribution in [-0.2, 0) is 10.0 Å². The zero-order chi connectivity index (χ0) is 14.2. The molecule has 0 saturated carbocycles. The third kappa shape index (κ3) is 3.31. The van der Waals surface area contributed by atoms with Crippen LogP contribution in [0.3, 0.4) is 0 Å². The number of nitrogens with one attached hydrogen (secondary N) is 1. The highest BCUT2D eigenvalue weighted by Gasteiger charge is 2.19. The zero-order valence-electron chi connectivity index (χ0n) is 9.78. The summed E-state index contributed by atoms with van der Waals surface area (Å²) >= 11 is 7.70. The van der Waals surface area contributed by atoms with Gasteiger partial charge in [0.05, 0.1) is 15.2 Å². The van der Waals surface area contributed by atoms with E-state index in [0.717, 1.165) is 25.2 Å². The number of nitrogen functional groups attached to an aromatic ring is 1. The van der Waals surface area contributed by atoms with Gasteiger partial charge in [0.2, 0.25) is 0 Å².